The molecule has 7 heteroatoms. The maximum absolute atomic E-state index is 12.4. The van der Waals surface area contributed by atoms with Crippen LogP contribution >= 0.6 is 0 Å². The highest BCUT2D eigenvalue weighted by Gasteiger charge is 2.21. The average Bonchev–Trinajstić information content (AvgIpc) is 2.91. The second-order valence-corrected chi connectivity index (χ2v) is 6.09. The van der Waals surface area contributed by atoms with Crippen LogP contribution in [0.3, 0.4) is 0 Å². The van der Waals surface area contributed by atoms with E-state index in [9.17, 15) is 8.42 Å². The Bertz CT molecular complexity index is 638. The molecular weight excluding hydrogens is 266 g/mol. The monoisotopic (exact) mass is 281 g/mol. The molecule has 0 bridgehead atoms. The Balaban J connectivity index is 2.25. The number of H-pyrrole nitrogens is 1. The second kappa shape index (κ2) is 5.41. The predicted octanol–water partition coefficient (Wildman–Crippen LogP) is 1.24. The Morgan fingerprint density at radius 1 is 1.42 bits per heavy atom. The molecule has 2 rings (SSSR count). The van der Waals surface area contributed by atoms with Crippen molar-refractivity contribution in [3.8, 4) is 5.75 Å². The van der Waals surface area contributed by atoms with Gasteiger partial charge in [-0.15, -0.1) is 0 Å². The van der Waals surface area contributed by atoms with Crippen LogP contribution in [0.2, 0.25) is 0 Å². The molecule has 2 aromatic rings. The van der Waals surface area contributed by atoms with Crippen molar-refractivity contribution in [2.24, 2.45) is 0 Å². The Morgan fingerprint density at radius 2 is 2.21 bits per heavy atom. The largest absolute Gasteiger partial charge is 0.497 e. The van der Waals surface area contributed by atoms with Crippen molar-refractivity contribution in [2.75, 3.05) is 14.2 Å². The number of aromatic nitrogens is 2. The summed E-state index contributed by atoms with van der Waals surface area (Å²) in [5, 5.41) is 6.44. The summed E-state index contributed by atoms with van der Waals surface area (Å²) < 4.78 is 31.0. The summed E-state index contributed by atoms with van der Waals surface area (Å²) in [5.74, 6) is 0.512. The van der Waals surface area contributed by atoms with Gasteiger partial charge in [-0.05, 0) is 12.1 Å². The van der Waals surface area contributed by atoms with Crippen molar-refractivity contribution in [3.63, 3.8) is 0 Å². The molecule has 0 saturated carbocycles. The van der Waals surface area contributed by atoms with Crippen LogP contribution in [0.15, 0.2) is 41.6 Å². The van der Waals surface area contributed by atoms with E-state index in [1.807, 2.05) is 0 Å². The molecule has 0 saturated heterocycles. The summed E-state index contributed by atoms with van der Waals surface area (Å²) in [6, 6.07) is 6.40. The minimum atomic E-state index is -3.54. The topological polar surface area (TPSA) is 75.3 Å². The van der Waals surface area contributed by atoms with Crippen LogP contribution in [-0.2, 0) is 16.6 Å². The molecule has 0 atom stereocenters. The van der Waals surface area contributed by atoms with E-state index in [1.54, 1.807) is 30.6 Å². The minimum Gasteiger partial charge on any atom is -0.497 e. The number of ether oxygens (including phenoxy) is 1. The van der Waals surface area contributed by atoms with Crippen LogP contribution in [-0.4, -0.2) is 37.1 Å². The number of benzene rings is 1. The van der Waals surface area contributed by atoms with E-state index in [0.717, 1.165) is 5.56 Å². The van der Waals surface area contributed by atoms with Gasteiger partial charge in [0.1, 0.15) is 5.75 Å². The van der Waals surface area contributed by atoms with Gasteiger partial charge < -0.3 is 4.74 Å². The lowest BCUT2D eigenvalue weighted by atomic mass is 10.3. The van der Waals surface area contributed by atoms with Crippen molar-refractivity contribution in [3.05, 3.63) is 42.2 Å². The van der Waals surface area contributed by atoms with Gasteiger partial charge in [0, 0.05) is 31.4 Å². The summed E-state index contributed by atoms with van der Waals surface area (Å²) in [5.41, 5.74) is 0.800. The number of methoxy groups -OCH3 is 1. The van der Waals surface area contributed by atoms with Crippen LogP contribution in [0, 0.1) is 0 Å². The first-order valence-electron chi connectivity index (χ1n) is 5.62. The fourth-order valence-electron chi connectivity index (χ4n) is 1.65. The number of nitrogens with one attached hydrogen (secondary N) is 1. The van der Waals surface area contributed by atoms with Gasteiger partial charge in [-0.3, -0.25) is 5.10 Å². The highest BCUT2D eigenvalue weighted by atomic mass is 32.2. The molecule has 0 aliphatic carbocycles. The number of sulfonamides is 1. The van der Waals surface area contributed by atoms with E-state index in [-0.39, 0.29) is 11.4 Å². The highest BCUT2D eigenvalue weighted by molar-refractivity contribution is 7.89. The molecule has 19 heavy (non-hydrogen) atoms. The summed E-state index contributed by atoms with van der Waals surface area (Å²) in [4.78, 5) is 0.206. The first-order chi connectivity index (χ1) is 9.04. The molecule has 1 aromatic carbocycles. The van der Waals surface area contributed by atoms with Gasteiger partial charge in [-0.1, -0.05) is 6.07 Å². The smallest absolute Gasteiger partial charge is 0.243 e. The van der Waals surface area contributed by atoms with Crippen molar-refractivity contribution >= 4 is 10.0 Å². The lowest BCUT2D eigenvalue weighted by Crippen LogP contribution is -2.26. The molecule has 0 aliphatic heterocycles. The van der Waals surface area contributed by atoms with E-state index >= 15 is 0 Å². The van der Waals surface area contributed by atoms with Gasteiger partial charge in [0.05, 0.1) is 18.2 Å². The Hall–Kier alpha value is -1.86. The van der Waals surface area contributed by atoms with Gasteiger partial charge in [0.25, 0.3) is 0 Å². The Morgan fingerprint density at radius 3 is 2.84 bits per heavy atom. The van der Waals surface area contributed by atoms with Crippen LogP contribution in [0.4, 0.5) is 0 Å². The quantitative estimate of drug-likeness (QED) is 0.894. The normalized spacial score (nSPS) is 11.7. The molecule has 102 valence electrons. The molecule has 0 aliphatic rings. The summed E-state index contributed by atoms with van der Waals surface area (Å²) in [6.45, 7) is 0.260. The molecular formula is C12H15N3O3S. The molecule has 1 heterocycles. The van der Waals surface area contributed by atoms with E-state index in [2.05, 4.69) is 10.2 Å². The second-order valence-electron chi connectivity index (χ2n) is 4.05. The zero-order chi connectivity index (χ0) is 13.9. The summed E-state index contributed by atoms with van der Waals surface area (Å²) in [6.07, 6.45) is 3.26. The standard InChI is InChI=1S/C12H15N3O3S/c1-15(9-10-7-13-14-8-10)19(16,17)12-5-3-4-11(6-12)18-2/h3-8H,9H2,1-2H3,(H,13,14). The molecule has 1 N–H and O–H groups in total. The molecule has 6 nitrogen and oxygen atoms in total. The van der Waals surface area contributed by atoms with Crippen LogP contribution in [0.1, 0.15) is 5.56 Å². The van der Waals surface area contributed by atoms with E-state index in [4.69, 9.17) is 4.74 Å². The number of rotatable bonds is 5. The lowest BCUT2D eigenvalue weighted by molar-refractivity contribution is 0.412. The van der Waals surface area contributed by atoms with Gasteiger partial charge in [-0.2, -0.15) is 9.40 Å². The van der Waals surface area contributed by atoms with Gasteiger partial charge >= 0.3 is 0 Å². The SMILES string of the molecule is COc1cccc(S(=O)(=O)N(C)Cc2cn[nH]c2)c1. The molecule has 0 unspecified atom stereocenters. The van der Waals surface area contributed by atoms with Gasteiger partial charge in [0.2, 0.25) is 10.0 Å². The summed E-state index contributed by atoms with van der Waals surface area (Å²) in [7, 11) is -0.506. The van der Waals surface area contributed by atoms with E-state index < -0.39 is 10.0 Å². The van der Waals surface area contributed by atoms with Crippen molar-refractivity contribution in [2.45, 2.75) is 11.4 Å². The number of hydrogen-bond acceptors (Lipinski definition) is 4. The fraction of sp³-hybridized carbons (Fsp3) is 0.250. The maximum atomic E-state index is 12.4. The number of aromatic amines is 1. The van der Waals surface area contributed by atoms with Crippen molar-refractivity contribution in [1.29, 1.82) is 0 Å². The third-order valence-electron chi connectivity index (χ3n) is 2.71. The summed E-state index contributed by atoms with van der Waals surface area (Å²) >= 11 is 0. The Kier molecular flexibility index (Phi) is 3.87. The molecule has 0 radical (unpaired) electrons. The minimum absolute atomic E-state index is 0.206. The Labute approximate surface area is 112 Å². The fourth-order valence-corrected chi connectivity index (χ4v) is 2.84. The first-order valence-corrected chi connectivity index (χ1v) is 7.06. The average molecular weight is 281 g/mol. The lowest BCUT2D eigenvalue weighted by Gasteiger charge is -2.16. The first kappa shape index (κ1) is 13.6. The van der Waals surface area contributed by atoms with Gasteiger partial charge in [0.15, 0.2) is 0 Å². The molecule has 0 spiro atoms. The molecule has 0 fully saturated rings. The predicted molar refractivity (Wildman–Crippen MR) is 70.2 cm³/mol. The number of hydrogen-bond donors (Lipinski definition) is 1. The van der Waals surface area contributed by atoms with Crippen molar-refractivity contribution in [1.82, 2.24) is 14.5 Å². The van der Waals surface area contributed by atoms with E-state index in [0.29, 0.717) is 5.75 Å². The zero-order valence-corrected chi connectivity index (χ0v) is 11.5. The van der Waals surface area contributed by atoms with Crippen molar-refractivity contribution < 1.29 is 13.2 Å². The molecule has 0 amide bonds. The number of nitrogens with zero attached hydrogens (tertiary/aromatic N) is 2. The van der Waals surface area contributed by atoms with Crippen LogP contribution in [0.5, 0.6) is 5.75 Å². The van der Waals surface area contributed by atoms with Gasteiger partial charge in [-0.25, -0.2) is 8.42 Å². The van der Waals surface area contributed by atoms with Crippen LogP contribution in [0.25, 0.3) is 0 Å². The zero-order valence-electron chi connectivity index (χ0n) is 10.7. The van der Waals surface area contributed by atoms with E-state index in [1.165, 1.54) is 24.5 Å². The van der Waals surface area contributed by atoms with Crippen LogP contribution < -0.4 is 4.74 Å². The molecule has 1 aromatic heterocycles. The third kappa shape index (κ3) is 2.94. The highest BCUT2D eigenvalue weighted by Crippen LogP contribution is 2.20. The maximum Gasteiger partial charge on any atom is 0.243 e. The third-order valence-corrected chi connectivity index (χ3v) is 4.51.